The third-order valence-corrected chi connectivity index (χ3v) is 3.91. The average Bonchev–Trinajstić information content (AvgIpc) is 2.99. The number of oxazole rings is 1. The van der Waals surface area contributed by atoms with E-state index in [1.165, 1.54) is 6.39 Å². The van der Waals surface area contributed by atoms with Crippen LogP contribution in [0, 0.1) is 5.92 Å². The standard InChI is InChI=1S/C16H18BrN3O4/c1-9(2)5-13(20-16(22)23)15(21)19-10-3-4-11(12(17)6-10)14-7-18-8-24-14/h3-4,6-9,13,20H,5H2,1-2H3,(H,19,21)(H,22,23). The van der Waals surface area contributed by atoms with E-state index in [1.807, 2.05) is 13.8 Å². The van der Waals surface area contributed by atoms with Gasteiger partial charge in [0.15, 0.2) is 12.2 Å². The molecule has 0 aliphatic heterocycles. The first-order valence-electron chi connectivity index (χ1n) is 7.35. The van der Waals surface area contributed by atoms with Gasteiger partial charge in [0.25, 0.3) is 0 Å². The van der Waals surface area contributed by atoms with Crippen LogP contribution in [0.25, 0.3) is 11.3 Å². The molecule has 1 aromatic carbocycles. The lowest BCUT2D eigenvalue weighted by Crippen LogP contribution is -2.44. The molecule has 1 atom stereocenters. The maximum absolute atomic E-state index is 12.3. The van der Waals surface area contributed by atoms with Crippen molar-refractivity contribution >= 4 is 33.6 Å². The van der Waals surface area contributed by atoms with Crippen molar-refractivity contribution in [3.05, 3.63) is 35.3 Å². The predicted molar refractivity (Wildman–Crippen MR) is 92.7 cm³/mol. The number of anilines is 1. The number of rotatable bonds is 6. The minimum Gasteiger partial charge on any atom is -0.465 e. The monoisotopic (exact) mass is 395 g/mol. The van der Waals surface area contributed by atoms with Gasteiger partial charge >= 0.3 is 6.09 Å². The van der Waals surface area contributed by atoms with E-state index in [4.69, 9.17) is 9.52 Å². The van der Waals surface area contributed by atoms with Crippen LogP contribution in [0.4, 0.5) is 10.5 Å². The van der Waals surface area contributed by atoms with Crippen molar-refractivity contribution in [2.45, 2.75) is 26.3 Å². The number of benzene rings is 1. The molecule has 0 spiro atoms. The number of amides is 2. The number of carbonyl (C=O) groups is 2. The Balaban J connectivity index is 2.12. The molecule has 3 N–H and O–H groups in total. The van der Waals surface area contributed by atoms with Crippen LogP contribution in [-0.2, 0) is 4.79 Å². The molecule has 1 unspecified atom stereocenters. The van der Waals surface area contributed by atoms with Crippen LogP contribution in [0.2, 0.25) is 0 Å². The van der Waals surface area contributed by atoms with Gasteiger partial charge in [0.1, 0.15) is 6.04 Å². The Morgan fingerprint density at radius 1 is 1.38 bits per heavy atom. The summed E-state index contributed by atoms with van der Waals surface area (Å²) in [7, 11) is 0. The minimum atomic E-state index is -1.22. The van der Waals surface area contributed by atoms with Gasteiger partial charge in [-0.2, -0.15) is 0 Å². The predicted octanol–water partition coefficient (Wildman–Crippen LogP) is 3.72. The van der Waals surface area contributed by atoms with Crippen LogP contribution < -0.4 is 10.6 Å². The second-order valence-electron chi connectivity index (χ2n) is 5.68. The van der Waals surface area contributed by atoms with Gasteiger partial charge in [-0.3, -0.25) is 4.79 Å². The van der Waals surface area contributed by atoms with Crippen molar-refractivity contribution < 1.29 is 19.1 Å². The topological polar surface area (TPSA) is 104 Å². The molecule has 2 aromatic rings. The first-order chi connectivity index (χ1) is 11.4. The summed E-state index contributed by atoms with van der Waals surface area (Å²) in [6.07, 6.45) is 2.12. The fourth-order valence-electron chi connectivity index (χ4n) is 2.22. The quantitative estimate of drug-likeness (QED) is 0.690. The number of hydrogen-bond acceptors (Lipinski definition) is 4. The number of halogens is 1. The van der Waals surface area contributed by atoms with Gasteiger partial charge < -0.3 is 20.2 Å². The number of nitrogens with zero attached hydrogens (tertiary/aromatic N) is 1. The van der Waals surface area contributed by atoms with Crippen molar-refractivity contribution in [3.8, 4) is 11.3 Å². The SMILES string of the molecule is CC(C)CC(NC(=O)O)C(=O)Nc1ccc(-c2cnco2)c(Br)c1. The molecular formula is C16H18BrN3O4. The van der Waals surface area contributed by atoms with Crippen LogP contribution in [0.15, 0.2) is 39.7 Å². The molecule has 24 heavy (non-hydrogen) atoms. The van der Waals surface area contributed by atoms with Crippen molar-refractivity contribution in [3.63, 3.8) is 0 Å². The molecule has 0 fully saturated rings. The van der Waals surface area contributed by atoms with Crippen LogP contribution >= 0.6 is 15.9 Å². The second kappa shape index (κ2) is 7.96. The fraction of sp³-hybridized carbons (Fsp3) is 0.312. The summed E-state index contributed by atoms with van der Waals surface area (Å²) in [6.45, 7) is 3.85. The molecule has 2 amide bonds. The zero-order chi connectivity index (χ0) is 17.7. The van der Waals surface area contributed by atoms with E-state index in [1.54, 1.807) is 24.4 Å². The van der Waals surface area contributed by atoms with Crippen molar-refractivity contribution in [2.75, 3.05) is 5.32 Å². The summed E-state index contributed by atoms with van der Waals surface area (Å²) in [6, 6.07) is 4.41. The molecule has 1 heterocycles. The van der Waals surface area contributed by atoms with Crippen molar-refractivity contribution in [2.24, 2.45) is 5.92 Å². The Labute approximate surface area is 147 Å². The first kappa shape index (κ1) is 18.0. The normalized spacial score (nSPS) is 12.0. The van der Waals surface area contributed by atoms with E-state index in [2.05, 4.69) is 31.5 Å². The summed E-state index contributed by atoms with van der Waals surface area (Å²) in [4.78, 5) is 27.1. The number of aromatic nitrogens is 1. The van der Waals surface area contributed by atoms with Crippen LogP contribution in [0.3, 0.4) is 0 Å². The maximum Gasteiger partial charge on any atom is 0.405 e. The molecule has 1 aromatic heterocycles. The Hall–Kier alpha value is -2.35. The summed E-state index contributed by atoms with van der Waals surface area (Å²) in [5.41, 5.74) is 1.35. The van der Waals surface area contributed by atoms with E-state index in [-0.39, 0.29) is 5.92 Å². The smallest absolute Gasteiger partial charge is 0.405 e. The summed E-state index contributed by atoms with van der Waals surface area (Å²) >= 11 is 3.43. The maximum atomic E-state index is 12.3. The molecule has 2 rings (SSSR count). The zero-order valence-corrected chi connectivity index (χ0v) is 14.8. The Morgan fingerprint density at radius 3 is 2.67 bits per heavy atom. The van der Waals surface area contributed by atoms with E-state index in [9.17, 15) is 9.59 Å². The van der Waals surface area contributed by atoms with Crippen LogP contribution in [0.1, 0.15) is 20.3 Å². The molecule has 0 saturated heterocycles. The van der Waals surface area contributed by atoms with Gasteiger partial charge in [-0.25, -0.2) is 9.78 Å². The molecule has 0 saturated carbocycles. The lowest BCUT2D eigenvalue weighted by molar-refractivity contribution is -0.118. The molecule has 128 valence electrons. The van der Waals surface area contributed by atoms with Crippen molar-refractivity contribution in [1.29, 1.82) is 0 Å². The van der Waals surface area contributed by atoms with Gasteiger partial charge in [0.2, 0.25) is 5.91 Å². The lowest BCUT2D eigenvalue weighted by atomic mass is 10.0. The highest BCUT2D eigenvalue weighted by atomic mass is 79.9. The molecule has 0 bridgehead atoms. The molecule has 0 radical (unpaired) electrons. The minimum absolute atomic E-state index is 0.174. The van der Waals surface area contributed by atoms with Crippen LogP contribution in [0.5, 0.6) is 0 Å². The molecule has 7 nitrogen and oxygen atoms in total. The van der Waals surface area contributed by atoms with Gasteiger partial charge in [-0.15, -0.1) is 0 Å². The van der Waals surface area contributed by atoms with E-state index < -0.39 is 18.0 Å². The highest BCUT2D eigenvalue weighted by Crippen LogP contribution is 2.30. The molecule has 8 heteroatoms. The van der Waals surface area contributed by atoms with Crippen LogP contribution in [-0.4, -0.2) is 28.1 Å². The van der Waals surface area contributed by atoms with Gasteiger partial charge in [-0.05, 0) is 46.5 Å². The lowest BCUT2D eigenvalue weighted by Gasteiger charge is -2.18. The van der Waals surface area contributed by atoms with Crippen molar-refractivity contribution in [1.82, 2.24) is 10.3 Å². The average molecular weight is 396 g/mol. The largest absolute Gasteiger partial charge is 0.465 e. The highest BCUT2D eigenvalue weighted by Gasteiger charge is 2.22. The Kier molecular flexibility index (Phi) is 5.97. The third kappa shape index (κ3) is 4.82. The zero-order valence-electron chi connectivity index (χ0n) is 13.2. The summed E-state index contributed by atoms with van der Waals surface area (Å²) in [5.74, 6) is 0.378. The summed E-state index contributed by atoms with van der Waals surface area (Å²) in [5, 5.41) is 13.9. The van der Waals surface area contributed by atoms with Gasteiger partial charge in [0.05, 0.1) is 6.20 Å². The highest BCUT2D eigenvalue weighted by molar-refractivity contribution is 9.10. The van der Waals surface area contributed by atoms with Gasteiger partial charge in [-0.1, -0.05) is 13.8 Å². The number of carboxylic acid groups (broad SMARTS) is 1. The number of hydrogen-bond donors (Lipinski definition) is 3. The Bertz CT molecular complexity index is 716. The molecule has 0 aliphatic carbocycles. The summed E-state index contributed by atoms with van der Waals surface area (Å²) < 4.78 is 5.97. The number of nitrogens with one attached hydrogen (secondary N) is 2. The van der Waals surface area contributed by atoms with E-state index in [0.29, 0.717) is 17.9 Å². The van der Waals surface area contributed by atoms with E-state index in [0.717, 1.165) is 10.0 Å². The number of carbonyl (C=O) groups excluding carboxylic acids is 1. The Morgan fingerprint density at radius 2 is 2.12 bits per heavy atom. The molecule has 0 aliphatic rings. The van der Waals surface area contributed by atoms with E-state index >= 15 is 0 Å². The van der Waals surface area contributed by atoms with Gasteiger partial charge in [0, 0.05) is 15.7 Å². The first-order valence-corrected chi connectivity index (χ1v) is 8.15. The second-order valence-corrected chi connectivity index (χ2v) is 6.54. The fourth-order valence-corrected chi connectivity index (χ4v) is 2.80. The third-order valence-electron chi connectivity index (χ3n) is 3.26. The molecular weight excluding hydrogens is 378 g/mol.